The second kappa shape index (κ2) is 10.0. The number of benzene rings is 1. The molecule has 0 heterocycles. The molecule has 2 unspecified atom stereocenters. The molecule has 0 aliphatic carbocycles. The van der Waals surface area contributed by atoms with Crippen LogP contribution in [0.3, 0.4) is 0 Å². The Hall–Kier alpha value is -0.820. The molecular weight excluding hydrogens is 232 g/mol. The Morgan fingerprint density at radius 3 is 1.79 bits per heavy atom. The predicted molar refractivity (Wildman–Crippen MR) is 85.9 cm³/mol. The third-order valence-corrected chi connectivity index (χ3v) is 3.59. The van der Waals surface area contributed by atoms with Crippen molar-refractivity contribution in [3.63, 3.8) is 0 Å². The first-order valence-corrected chi connectivity index (χ1v) is 7.66. The molecule has 1 heteroatoms. The van der Waals surface area contributed by atoms with Crippen LogP contribution in [-0.2, 0) is 11.2 Å². The molecule has 1 aromatic carbocycles. The molecular formula is C18H32O. The van der Waals surface area contributed by atoms with Crippen LogP contribution in [0.2, 0.25) is 0 Å². The average molecular weight is 264 g/mol. The van der Waals surface area contributed by atoms with E-state index in [1.54, 1.807) is 0 Å². The summed E-state index contributed by atoms with van der Waals surface area (Å²) in [4.78, 5) is 0. The lowest BCUT2D eigenvalue weighted by Gasteiger charge is -2.15. The minimum absolute atomic E-state index is 0.431. The van der Waals surface area contributed by atoms with Crippen LogP contribution < -0.4 is 0 Å². The Morgan fingerprint density at radius 1 is 0.895 bits per heavy atom. The molecule has 0 N–H and O–H groups in total. The molecule has 0 saturated carbocycles. The summed E-state index contributed by atoms with van der Waals surface area (Å²) in [6, 6.07) is 6.64. The van der Waals surface area contributed by atoms with Crippen LogP contribution in [0.1, 0.15) is 64.2 Å². The molecule has 2 atom stereocenters. The minimum Gasteiger partial charge on any atom is -0.376 e. The zero-order valence-corrected chi connectivity index (χ0v) is 13.9. The van der Waals surface area contributed by atoms with E-state index in [1.807, 2.05) is 0 Å². The van der Waals surface area contributed by atoms with Crippen molar-refractivity contribution >= 4 is 0 Å². The maximum Gasteiger partial charge on any atom is 0.0548 e. The number of rotatable bonds is 5. The molecule has 19 heavy (non-hydrogen) atoms. The van der Waals surface area contributed by atoms with Gasteiger partial charge in [-0.15, -0.1) is 0 Å². The fourth-order valence-corrected chi connectivity index (χ4v) is 1.61. The number of hydrogen-bond donors (Lipinski definition) is 0. The lowest BCUT2D eigenvalue weighted by Crippen LogP contribution is -2.14. The van der Waals surface area contributed by atoms with E-state index in [2.05, 4.69) is 66.7 Å². The second-order valence-electron chi connectivity index (χ2n) is 5.35. The Balaban J connectivity index is 0.000000344. The van der Waals surface area contributed by atoms with E-state index in [1.165, 1.54) is 16.7 Å². The molecule has 0 amide bonds. The van der Waals surface area contributed by atoms with Gasteiger partial charge in [0.1, 0.15) is 0 Å². The lowest BCUT2D eigenvalue weighted by molar-refractivity contribution is 0.00511. The molecule has 0 aromatic heterocycles. The zero-order chi connectivity index (χ0) is 14.8. The highest BCUT2D eigenvalue weighted by Gasteiger charge is 2.02. The molecule has 0 fully saturated rings. The molecule has 110 valence electrons. The SMILES string of the molecule is CCC(C)OC(C)CC.CCc1ccc(C)c(C)c1. The van der Waals surface area contributed by atoms with Gasteiger partial charge in [0, 0.05) is 0 Å². The van der Waals surface area contributed by atoms with Crippen molar-refractivity contribution < 1.29 is 4.74 Å². The monoisotopic (exact) mass is 264 g/mol. The highest BCUT2D eigenvalue weighted by Crippen LogP contribution is 2.09. The summed E-state index contributed by atoms with van der Waals surface area (Å²) in [6.07, 6.45) is 4.23. The Kier molecular flexibility index (Phi) is 9.59. The Bertz CT molecular complexity index is 336. The predicted octanol–water partition coefficient (Wildman–Crippen LogP) is 5.47. The first kappa shape index (κ1) is 18.2. The van der Waals surface area contributed by atoms with Crippen molar-refractivity contribution in [3.05, 3.63) is 34.9 Å². The van der Waals surface area contributed by atoms with Gasteiger partial charge >= 0.3 is 0 Å². The number of aryl methyl sites for hydroxylation is 3. The fraction of sp³-hybridized carbons (Fsp3) is 0.667. The van der Waals surface area contributed by atoms with E-state index in [4.69, 9.17) is 4.74 Å². The molecule has 0 aliphatic rings. The van der Waals surface area contributed by atoms with Gasteiger partial charge in [0.05, 0.1) is 12.2 Å². The van der Waals surface area contributed by atoms with E-state index in [9.17, 15) is 0 Å². The van der Waals surface area contributed by atoms with Crippen LogP contribution >= 0.6 is 0 Å². The van der Waals surface area contributed by atoms with Crippen molar-refractivity contribution in [2.24, 2.45) is 0 Å². The zero-order valence-electron chi connectivity index (χ0n) is 13.9. The van der Waals surface area contributed by atoms with E-state index in [0.29, 0.717) is 12.2 Å². The van der Waals surface area contributed by atoms with Crippen molar-refractivity contribution in [3.8, 4) is 0 Å². The summed E-state index contributed by atoms with van der Waals surface area (Å²) in [6.45, 7) is 15.0. The molecule has 1 aromatic rings. The molecule has 0 aliphatic heterocycles. The summed E-state index contributed by atoms with van der Waals surface area (Å²) in [5.74, 6) is 0. The standard InChI is InChI=1S/C10H14.C8H18O/c1-4-10-6-5-8(2)9(3)7-10;1-5-7(3)9-8(4)6-2/h5-7H,4H2,1-3H3;7-8H,5-6H2,1-4H3. The molecule has 1 rings (SSSR count). The third kappa shape index (κ3) is 8.05. The van der Waals surface area contributed by atoms with Crippen molar-refractivity contribution in [1.82, 2.24) is 0 Å². The van der Waals surface area contributed by atoms with Gasteiger partial charge in [-0.3, -0.25) is 0 Å². The lowest BCUT2D eigenvalue weighted by atomic mass is 10.1. The minimum atomic E-state index is 0.431. The summed E-state index contributed by atoms with van der Waals surface area (Å²) >= 11 is 0. The maximum absolute atomic E-state index is 5.55. The van der Waals surface area contributed by atoms with Gasteiger partial charge in [0.2, 0.25) is 0 Å². The smallest absolute Gasteiger partial charge is 0.0548 e. The highest BCUT2D eigenvalue weighted by atomic mass is 16.5. The summed E-state index contributed by atoms with van der Waals surface area (Å²) in [5, 5.41) is 0. The molecule has 1 nitrogen and oxygen atoms in total. The van der Waals surface area contributed by atoms with Crippen LogP contribution in [0.4, 0.5) is 0 Å². The quantitative estimate of drug-likeness (QED) is 0.685. The first-order chi connectivity index (χ1) is 8.94. The number of hydrogen-bond acceptors (Lipinski definition) is 1. The normalized spacial score (nSPS) is 13.4. The van der Waals surface area contributed by atoms with Crippen LogP contribution in [-0.4, -0.2) is 12.2 Å². The molecule has 0 radical (unpaired) electrons. The maximum atomic E-state index is 5.55. The Labute approximate surface area is 120 Å². The van der Waals surface area contributed by atoms with Gasteiger partial charge in [-0.05, 0) is 63.6 Å². The molecule has 0 saturated heterocycles. The van der Waals surface area contributed by atoms with Gasteiger partial charge in [-0.2, -0.15) is 0 Å². The van der Waals surface area contributed by atoms with Gasteiger partial charge < -0.3 is 4.74 Å². The summed E-state index contributed by atoms with van der Waals surface area (Å²) in [7, 11) is 0. The van der Waals surface area contributed by atoms with Crippen LogP contribution in [0.25, 0.3) is 0 Å². The summed E-state index contributed by atoms with van der Waals surface area (Å²) < 4.78 is 5.55. The van der Waals surface area contributed by atoms with Crippen LogP contribution in [0.5, 0.6) is 0 Å². The van der Waals surface area contributed by atoms with Gasteiger partial charge in [0.15, 0.2) is 0 Å². The van der Waals surface area contributed by atoms with Crippen LogP contribution in [0, 0.1) is 13.8 Å². The molecule has 0 bridgehead atoms. The van der Waals surface area contributed by atoms with Crippen LogP contribution in [0.15, 0.2) is 18.2 Å². The van der Waals surface area contributed by atoms with E-state index >= 15 is 0 Å². The van der Waals surface area contributed by atoms with Gasteiger partial charge in [0.25, 0.3) is 0 Å². The van der Waals surface area contributed by atoms with E-state index in [-0.39, 0.29) is 0 Å². The van der Waals surface area contributed by atoms with E-state index < -0.39 is 0 Å². The van der Waals surface area contributed by atoms with E-state index in [0.717, 1.165) is 19.3 Å². The largest absolute Gasteiger partial charge is 0.376 e. The highest BCUT2D eigenvalue weighted by molar-refractivity contribution is 5.29. The molecule has 0 spiro atoms. The topological polar surface area (TPSA) is 9.23 Å². The van der Waals surface area contributed by atoms with Crippen molar-refractivity contribution in [2.75, 3.05) is 0 Å². The third-order valence-electron chi connectivity index (χ3n) is 3.59. The van der Waals surface area contributed by atoms with Crippen molar-refractivity contribution in [2.45, 2.75) is 79.9 Å². The Morgan fingerprint density at radius 2 is 1.42 bits per heavy atom. The average Bonchev–Trinajstić information content (AvgIpc) is 2.42. The summed E-state index contributed by atoms with van der Waals surface area (Å²) in [5.41, 5.74) is 4.22. The van der Waals surface area contributed by atoms with Gasteiger partial charge in [-0.1, -0.05) is 39.0 Å². The first-order valence-electron chi connectivity index (χ1n) is 7.66. The van der Waals surface area contributed by atoms with Crippen molar-refractivity contribution in [1.29, 1.82) is 0 Å². The second-order valence-corrected chi connectivity index (χ2v) is 5.35. The number of ether oxygens (including phenoxy) is 1. The van der Waals surface area contributed by atoms with Gasteiger partial charge in [-0.25, -0.2) is 0 Å². The fourth-order valence-electron chi connectivity index (χ4n) is 1.61.